The average Bonchev–Trinajstić information content (AvgIpc) is 3.43. The van der Waals surface area contributed by atoms with E-state index in [0.29, 0.717) is 19.3 Å². The summed E-state index contributed by atoms with van der Waals surface area (Å²) in [4.78, 5) is 38.3. The number of carbonyl (C=O) groups excluding carboxylic acids is 3. The standard InChI is InChI=1S/C71H132O6/c1-4-7-10-13-16-19-22-25-27-28-29-30-31-32-33-34-35-36-37-38-39-40-41-42-44-46-49-52-55-58-61-64-70(73)76-67-68(66-75-69(72)63-60-57-54-51-48-45-24-21-18-15-12-9-6-3)77-71(74)65-62-59-56-53-50-47-43-26-23-20-17-14-11-8-5-2/h22,25,28-29,31-32,68H,4-21,23-24,26-27,30,33-67H2,1-3H3/b25-22-,29-28-,32-31-. The van der Waals surface area contributed by atoms with Gasteiger partial charge in [0.15, 0.2) is 6.10 Å². The molecule has 77 heavy (non-hydrogen) atoms. The lowest BCUT2D eigenvalue weighted by Crippen LogP contribution is -2.30. The first kappa shape index (κ1) is 74.6. The van der Waals surface area contributed by atoms with Crippen molar-refractivity contribution in [3.63, 3.8) is 0 Å². The Labute approximate surface area is 480 Å². The first-order valence-corrected chi connectivity index (χ1v) is 34.5. The molecule has 0 rings (SSSR count). The van der Waals surface area contributed by atoms with E-state index in [-0.39, 0.29) is 31.1 Å². The van der Waals surface area contributed by atoms with Gasteiger partial charge in [0.05, 0.1) is 0 Å². The van der Waals surface area contributed by atoms with Crippen molar-refractivity contribution >= 4 is 17.9 Å². The van der Waals surface area contributed by atoms with Gasteiger partial charge in [-0.2, -0.15) is 0 Å². The molecule has 0 aromatic carbocycles. The molecule has 452 valence electrons. The molecular formula is C71H132O6. The predicted octanol–water partition coefficient (Wildman–Crippen LogP) is 23.6. The van der Waals surface area contributed by atoms with Crippen LogP contribution in [0.3, 0.4) is 0 Å². The van der Waals surface area contributed by atoms with Crippen molar-refractivity contribution in [1.82, 2.24) is 0 Å². The van der Waals surface area contributed by atoms with Crippen LogP contribution in [-0.2, 0) is 28.6 Å². The minimum atomic E-state index is -0.767. The summed E-state index contributed by atoms with van der Waals surface area (Å²) in [7, 11) is 0. The van der Waals surface area contributed by atoms with Gasteiger partial charge in [0.2, 0.25) is 0 Å². The minimum Gasteiger partial charge on any atom is -0.462 e. The molecule has 0 saturated carbocycles. The van der Waals surface area contributed by atoms with Gasteiger partial charge in [-0.05, 0) is 57.8 Å². The Hall–Kier alpha value is -2.37. The molecule has 0 bridgehead atoms. The van der Waals surface area contributed by atoms with E-state index in [1.165, 1.54) is 270 Å². The molecule has 0 aliphatic carbocycles. The molecule has 0 fully saturated rings. The van der Waals surface area contributed by atoms with Crippen molar-refractivity contribution in [3.05, 3.63) is 36.5 Å². The Bertz CT molecular complexity index is 1290. The van der Waals surface area contributed by atoms with E-state index >= 15 is 0 Å². The second kappa shape index (κ2) is 66.1. The van der Waals surface area contributed by atoms with Crippen molar-refractivity contribution in [2.75, 3.05) is 13.2 Å². The van der Waals surface area contributed by atoms with Crippen LogP contribution in [0.15, 0.2) is 36.5 Å². The lowest BCUT2D eigenvalue weighted by Gasteiger charge is -2.18. The Kier molecular flexibility index (Phi) is 64.1. The monoisotopic (exact) mass is 1080 g/mol. The zero-order valence-electron chi connectivity index (χ0n) is 52.0. The zero-order valence-corrected chi connectivity index (χ0v) is 52.0. The van der Waals surface area contributed by atoms with Crippen LogP contribution < -0.4 is 0 Å². The maximum absolute atomic E-state index is 12.9. The fourth-order valence-corrected chi connectivity index (χ4v) is 10.5. The van der Waals surface area contributed by atoms with Crippen LogP contribution in [0, 0.1) is 0 Å². The van der Waals surface area contributed by atoms with E-state index in [1.54, 1.807) is 0 Å². The van der Waals surface area contributed by atoms with E-state index in [9.17, 15) is 14.4 Å². The molecule has 6 nitrogen and oxygen atoms in total. The SMILES string of the molecule is CCCCCCC/C=C\C/C=C\C/C=C\CCCCCCCCCCCCCCCCCCC(=O)OCC(COC(=O)CCCCCCCCCCCCCCC)OC(=O)CCCCCCCCCCCCCCCCC. The van der Waals surface area contributed by atoms with Crippen LogP contribution in [0.1, 0.15) is 380 Å². The van der Waals surface area contributed by atoms with Gasteiger partial charge in [-0.25, -0.2) is 0 Å². The zero-order chi connectivity index (χ0) is 55.7. The van der Waals surface area contributed by atoms with Crippen LogP contribution in [0.25, 0.3) is 0 Å². The molecule has 1 unspecified atom stereocenters. The highest BCUT2D eigenvalue weighted by Gasteiger charge is 2.19. The summed E-state index contributed by atoms with van der Waals surface area (Å²) in [6.07, 6.45) is 81.7. The smallest absolute Gasteiger partial charge is 0.306 e. The topological polar surface area (TPSA) is 78.9 Å². The van der Waals surface area contributed by atoms with Crippen molar-refractivity contribution in [2.24, 2.45) is 0 Å². The largest absolute Gasteiger partial charge is 0.462 e. The number of allylic oxidation sites excluding steroid dienone is 6. The second-order valence-electron chi connectivity index (χ2n) is 23.5. The lowest BCUT2D eigenvalue weighted by molar-refractivity contribution is -0.167. The Balaban J connectivity index is 4.13. The van der Waals surface area contributed by atoms with Crippen LogP contribution in [0.5, 0.6) is 0 Å². The lowest BCUT2D eigenvalue weighted by atomic mass is 10.0. The van der Waals surface area contributed by atoms with Crippen molar-refractivity contribution in [3.8, 4) is 0 Å². The highest BCUT2D eigenvalue weighted by Crippen LogP contribution is 2.18. The molecule has 0 aliphatic rings. The second-order valence-corrected chi connectivity index (χ2v) is 23.5. The van der Waals surface area contributed by atoms with Gasteiger partial charge in [0.1, 0.15) is 13.2 Å². The summed E-state index contributed by atoms with van der Waals surface area (Å²) >= 11 is 0. The fraction of sp³-hybridized carbons (Fsp3) is 0.873. The summed E-state index contributed by atoms with van der Waals surface area (Å²) in [6.45, 7) is 6.69. The summed E-state index contributed by atoms with van der Waals surface area (Å²) in [5.41, 5.74) is 0. The van der Waals surface area contributed by atoms with E-state index in [4.69, 9.17) is 14.2 Å². The number of esters is 3. The molecule has 6 heteroatoms. The first-order chi connectivity index (χ1) is 38.0. The average molecular weight is 1080 g/mol. The molecule has 0 amide bonds. The van der Waals surface area contributed by atoms with Crippen LogP contribution >= 0.6 is 0 Å². The van der Waals surface area contributed by atoms with Gasteiger partial charge >= 0.3 is 17.9 Å². The molecule has 0 radical (unpaired) electrons. The molecule has 0 saturated heterocycles. The quantitative estimate of drug-likeness (QED) is 0.0261. The van der Waals surface area contributed by atoms with E-state index in [1.807, 2.05) is 0 Å². The molecule has 0 aliphatic heterocycles. The van der Waals surface area contributed by atoms with Gasteiger partial charge < -0.3 is 14.2 Å². The van der Waals surface area contributed by atoms with Crippen molar-refractivity contribution in [1.29, 1.82) is 0 Å². The number of hydrogen-bond acceptors (Lipinski definition) is 6. The summed E-state index contributed by atoms with van der Waals surface area (Å²) in [5.74, 6) is -0.836. The third-order valence-electron chi connectivity index (χ3n) is 15.6. The maximum Gasteiger partial charge on any atom is 0.306 e. The highest BCUT2D eigenvalue weighted by atomic mass is 16.6. The van der Waals surface area contributed by atoms with Gasteiger partial charge in [0.25, 0.3) is 0 Å². The molecular weight excluding hydrogens is 949 g/mol. The number of unbranched alkanes of at least 4 members (excludes halogenated alkanes) is 47. The predicted molar refractivity (Wildman–Crippen MR) is 335 cm³/mol. The minimum absolute atomic E-state index is 0.0648. The molecule has 0 aromatic rings. The molecule has 0 N–H and O–H groups in total. The third-order valence-corrected chi connectivity index (χ3v) is 15.6. The van der Waals surface area contributed by atoms with Gasteiger partial charge in [-0.15, -0.1) is 0 Å². The Morgan fingerprint density at radius 2 is 0.468 bits per heavy atom. The van der Waals surface area contributed by atoms with Crippen molar-refractivity contribution in [2.45, 2.75) is 386 Å². The number of rotatable bonds is 64. The maximum atomic E-state index is 12.9. The van der Waals surface area contributed by atoms with Gasteiger partial charge in [0, 0.05) is 19.3 Å². The van der Waals surface area contributed by atoms with Crippen LogP contribution in [-0.4, -0.2) is 37.2 Å². The molecule has 0 spiro atoms. The Morgan fingerprint density at radius 3 is 0.727 bits per heavy atom. The fourth-order valence-electron chi connectivity index (χ4n) is 10.5. The van der Waals surface area contributed by atoms with Crippen molar-refractivity contribution < 1.29 is 28.6 Å². The number of hydrogen-bond donors (Lipinski definition) is 0. The third kappa shape index (κ3) is 64.3. The first-order valence-electron chi connectivity index (χ1n) is 34.5. The van der Waals surface area contributed by atoms with Gasteiger partial charge in [-0.1, -0.05) is 340 Å². The van der Waals surface area contributed by atoms with Crippen LogP contribution in [0.2, 0.25) is 0 Å². The molecule has 0 aromatic heterocycles. The van der Waals surface area contributed by atoms with E-state index in [0.717, 1.165) is 70.6 Å². The summed E-state index contributed by atoms with van der Waals surface area (Å²) in [6, 6.07) is 0. The number of ether oxygens (including phenoxy) is 3. The van der Waals surface area contributed by atoms with E-state index < -0.39 is 6.10 Å². The summed E-state index contributed by atoms with van der Waals surface area (Å²) < 4.78 is 17.0. The normalized spacial score (nSPS) is 12.2. The highest BCUT2D eigenvalue weighted by molar-refractivity contribution is 5.71. The van der Waals surface area contributed by atoms with Crippen LogP contribution in [0.4, 0.5) is 0 Å². The molecule has 1 atom stereocenters. The van der Waals surface area contributed by atoms with E-state index in [2.05, 4.69) is 57.2 Å². The Morgan fingerprint density at radius 1 is 0.260 bits per heavy atom. The number of carbonyl (C=O) groups is 3. The molecule has 0 heterocycles. The van der Waals surface area contributed by atoms with Gasteiger partial charge in [-0.3, -0.25) is 14.4 Å². The summed E-state index contributed by atoms with van der Waals surface area (Å²) in [5, 5.41) is 0.